The highest BCUT2D eigenvalue weighted by Crippen LogP contribution is 2.10. The minimum Gasteiger partial charge on any atom is -0.378 e. The fraction of sp³-hybridized carbons (Fsp3) is 0.538. The number of benzene rings is 1. The number of nitrogens with two attached hydrogens (primary N) is 1. The summed E-state index contributed by atoms with van der Waals surface area (Å²) >= 11 is 1.89. The molecular formula is C13H21NO2S. The molecule has 2 N–H and O–H groups in total. The first-order valence-corrected chi connectivity index (χ1v) is 7.06. The highest BCUT2D eigenvalue weighted by atomic mass is 32.2. The van der Waals surface area contributed by atoms with Crippen molar-refractivity contribution in [2.75, 3.05) is 38.7 Å². The number of rotatable bonds is 10. The normalized spacial score (nSPS) is 10.6. The van der Waals surface area contributed by atoms with Crippen LogP contribution in [0, 0.1) is 0 Å². The molecule has 4 heteroatoms. The van der Waals surface area contributed by atoms with Crippen molar-refractivity contribution in [3.63, 3.8) is 0 Å². The lowest BCUT2D eigenvalue weighted by atomic mass is 10.2. The Morgan fingerprint density at radius 2 is 1.65 bits per heavy atom. The summed E-state index contributed by atoms with van der Waals surface area (Å²) in [6.07, 6.45) is 0. The standard InChI is InChI=1S/C13H21NO2S/c14-6-7-15-8-9-16-10-11-17-12-13-4-2-1-3-5-13/h1-5H,6-12,14H2. The molecule has 1 aromatic carbocycles. The Morgan fingerprint density at radius 3 is 2.35 bits per heavy atom. The number of ether oxygens (including phenoxy) is 2. The molecule has 0 amide bonds. The van der Waals surface area contributed by atoms with Gasteiger partial charge < -0.3 is 15.2 Å². The third-order valence-corrected chi connectivity index (χ3v) is 3.11. The summed E-state index contributed by atoms with van der Waals surface area (Å²) in [6, 6.07) is 10.5. The molecule has 96 valence electrons. The Kier molecular flexibility index (Phi) is 9.04. The van der Waals surface area contributed by atoms with E-state index in [9.17, 15) is 0 Å². The second-order valence-corrected chi connectivity index (χ2v) is 4.66. The molecule has 0 saturated heterocycles. The van der Waals surface area contributed by atoms with Gasteiger partial charge in [-0.05, 0) is 5.56 Å². The Labute approximate surface area is 108 Å². The highest BCUT2D eigenvalue weighted by Gasteiger charge is 1.93. The van der Waals surface area contributed by atoms with Crippen molar-refractivity contribution in [3.05, 3.63) is 35.9 Å². The van der Waals surface area contributed by atoms with Gasteiger partial charge in [-0.2, -0.15) is 11.8 Å². The van der Waals surface area contributed by atoms with Crippen LogP contribution < -0.4 is 5.73 Å². The van der Waals surface area contributed by atoms with E-state index in [1.807, 2.05) is 17.8 Å². The fourth-order valence-electron chi connectivity index (χ4n) is 1.29. The van der Waals surface area contributed by atoms with Crippen LogP contribution in [-0.4, -0.2) is 38.7 Å². The Morgan fingerprint density at radius 1 is 0.941 bits per heavy atom. The predicted octanol–water partition coefficient (Wildman–Crippen LogP) is 1.91. The van der Waals surface area contributed by atoms with Crippen molar-refractivity contribution in [1.82, 2.24) is 0 Å². The monoisotopic (exact) mass is 255 g/mol. The highest BCUT2D eigenvalue weighted by molar-refractivity contribution is 7.98. The molecule has 0 unspecified atom stereocenters. The minimum absolute atomic E-state index is 0.576. The van der Waals surface area contributed by atoms with Crippen molar-refractivity contribution < 1.29 is 9.47 Å². The third-order valence-electron chi connectivity index (χ3n) is 2.12. The lowest BCUT2D eigenvalue weighted by molar-refractivity contribution is 0.0571. The van der Waals surface area contributed by atoms with Gasteiger partial charge in [-0.3, -0.25) is 0 Å². The summed E-state index contributed by atoms with van der Waals surface area (Å²) in [5.41, 5.74) is 6.66. The minimum atomic E-state index is 0.576. The van der Waals surface area contributed by atoms with Crippen LogP contribution >= 0.6 is 11.8 Å². The van der Waals surface area contributed by atoms with E-state index in [1.54, 1.807) is 0 Å². The number of hydrogen-bond acceptors (Lipinski definition) is 4. The van der Waals surface area contributed by atoms with E-state index < -0.39 is 0 Å². The van der Waals surface area contributed by atoms with Gasteiger partial charge in [0, 0.05) is 18.1 Å². The molecule has 0 aromatic heterocycles. The number of hydrogen-bond donors (Lipinski definition) is 1. The molecule has 0 saturated carbocycles. The van der Waals surface area contributed by atoms with Gasteiger partial charge in [0.1, 0.15) is 0 Å². The average Bonchev–Trinajstić information content (AvgIpc) is 2.38. The van der Waals surface area contributed by atoms with Gasteiger partial charge in [0.2, 0.25) is 0 Å². The first-order valence-electron chi connectivity index (χ1n) is 5.90. The molecule has 3 nitrogen and oxygen atoms in total. The van der Waals surface area contributed by atoms with Gasteiger partial charge in [0.15, 0.2) is 0 Å². The molecule has 0 atom stereocenters. The van der Waals surface area contributed by atoms with Crippen LogP contribution in [0.3, 0.4) is 0 Å². The zero-order chi connectivity index (χ0) is 12.2. The summed E-state index contributed by atoms with van der Waals surface area (Å²) in [6.45, 7) is 3.27. The Balaban J connectivity index is 1.85. The molecule has 1 rings (SSSR count). The summed E-state index contributed by atoms with van der Waals surface area (Å²) in [5, 5.41) is 0. The summed E-state index contributed by atoms with van der Waals surface area (Å²) in [4.78, 5) is 0. The first kappa shape index (κ1) is 14.5. The van der Waals surface area contributed by atoms with Crippen molar-refractivity contribution in [2.24, 2.45) is 5.73 Å². The topological polar surface area (TPSA) is 44.5 Å². The van der Waals surface area contributed by atoms with E-state index in [0.29, 0.717) is 26.4 Å². The van der Waals surface area contributed by atoms with Crippen LogP contribution in [0.1, 0.15) is 5.56 Å². The SMILES string of the molecule is NCCOCCOCCSCc1ccccc1. The third kappa shape index (κ3) is 8.21. The zero-order valence-electron chi connectivity index (χ0n) is 10.1. The van der Waals surface area contributed by atoms with Gasteiger partial charge >= 0.3 is 0 Å². The maximum absolute atomic E-state index is 5.43. The summed E-state index contributed by atoms with van der Waals surface area (Å²) < 4.78 is 10.6. The van der Waals surface area contributed by atoms with E-state index in [2.05, 4.69) is 24.3 Å². The summed E-state index contributed by atoms with van der Waals surface area (Å²) in [7, 11) is 0. The predicted molar refractivity (Wildman–Crippen MR) is 73.3 cm³/mol. The van der Waals surface area contributed by atoms with Crippen molar-refractivity contribution >= 4 is 11.8 Å². The van der Waals surface area contributed by atoms with Crippen LogP contribution in [0.25, 0.3) is 0 Å². The molecular weight excluding hydrogens is 234 g/mol. The molecule has 0 fully saturated rings. The van der Waals surface area contributed by atoms with Crippen molar-refractivity contribution in [3.8, 4) is 0 Å². The van der Waals surface area contributed by atoms with Crippen LogP contribution in [-0.2, 0) is 15.2 Å². The van der Waals surface area contributed by atoms with Gasteiger partial charge in [-0.25, -0.2) is 0 Å². The van der Waals surface area contributed by atoms with Gasteiger partial charge in [0.25, 0.3) is 0 Å². The smallest absolute Gasteiger partial charge is 0.0701 e. The van der Waals surface area contributed by atoms with E-state index in [1.165, 1.54) is 5.56 Å². The van der Waals surface area contributed by atoms with Crippen molar-refractivity contribution in [1.29, 1.82) is 0 Å². The van der Waals surface area contributed by atoms with E-state index >= 15 is 0 Å². The number of thioether (sulfide) groups is 1. The molecule has 0 bridgehead atoms. The Bertz CT molecular complexity index is 269. The van der Waals surface area contributed by atoms with Gasteiger partial charge in [0.05, 0.1) is 26.4 Å². The lowest BCUT2D eigenvalue weighted by Gasteiger charge is -2.05. The van der Waals surface area contributed by atoms with Crippen LogP contribution in [0.4, 0.5) is 0 Å². The van der Waals surface area contributed by atoms with Crippen LogP contribution in [0.5, 0.6) is 0 Å². The second kappa shape index (κ2) is 10.6. The van der Waals surface area contributed by atoms with Crippen LogP contribution in [0.2, 0.25) is 0 Å². The lowest BCUT2D eigenvalue weighted by Crippen LogP contribution is -2.12. The molecule has 0 radical (unpaired) electrons. The van der Waals surface area contributed by atoms with Gasteiger partial charge in [-0.15, -0.1) is 0 Å². The Hall–Kier alpha value is -0.550. The zero-order valence-corrected chi connectivity index (χ0v) is 11.0. The maximum atomic E-state index is 5.43. The molecule has 0 aliphatic rings. The summed E-state index contributed by atoms with van der Waals surface area (Å²) in [5.74, 6) is 2.07. The largest absolute Gasteiger partial charge is 0.378 e. The molecule has 17 heavy (non-hydrogen) atoms. The molecule has 0 aliphatic heterocycles. The molecule has 0 spiro atoms. The van der Waals surface area contributed by atoms with E-state index in [4.69, 9.17) is 15.2 Å². The second-order valence-electron chi connectivity index (χ2n) is 3.55. The van der Waals surface area contributed by atoms with E-state index in [-0.39, 0.29) is 0 Å². The van der Waals surface area contributed by atoms with E-state index in [0.717, 1.165) is 18.1 Å². The first-order chi connectivity index (χ1) is 8.43. The fourth-order valence-corrected chi connectivity index (χ4v) is 2.10. The quantitative estimate of drug-likeness (QED) is 0.649. The molecule has 0 aliphatic carbocycles. The maximum Gasteiger partial charge on any atom is 0.0701 e. The molecule has 0 heterocycles. The van der Waals surface area contributed by atoms with Gasteiger partial charge in [-0.1, -0.05) is 30.3 Å². The van der Waals surface area contributed by atoms with Crippen LogP contribution in [0.15, 0.2) is 30.3 Å². The van der Waals surface area contributed by atoms with Crippen molar-refractivity contribution in [2.45, 2.75) is 5.75 Å². The average molecular weight is 255 g/mol. The molecule has 1 aromatic rings.